The minimum atomic E-state index is -0.669. The van der Waals surface area contributed by atoms with Gasteiger partial charge in [-0.15, -0.1) is 6.58 Å². The molecule has 8 nitrogen and oxygen atoms in total. The summed E-state index contributed by atoms with van der Waals surface area (Å²) in [7, 11) is 0. The summed E-state index contributed by atoms with van der Waals surface area (Å²) in [6, 6.07) is 6.04. The van der Waals surface area contributed by atoms with E-state index in [1.165, 1.54) is 4.90 Å². The molecule has 3 rings (SSSR count). The molecule has 9 heteroatoms. The number of carbonyl (C=O) groups excluding carboxylic acids is 3. The van der Waals surface area contributed by atoms with Crippen molar-refractivity contribution in [3.8, 4) is 0 Å². The summed E-state index contributed by atoms with van der Waals surface area (Å²) in [5, 5.41) is 3.50. The number of urea groups is 1. The van der Waals surface area contributed by atoms with Crippen LogP contribution >= 0.6 is 11.6 Å². The van der Waals surface area contributed by atoms with Crippen LogP contribution in [0.25, 0.3) is 0 Å². The fourth-order valence-electron chi connectivity index (χ4n) is 4.35. The molecule has 2 amide bonds. The van der Waals surface area contributed by atoms with E-state index in [2.05, 4.69) is 16.8 Å². The fraction of sp³-hybridized carbons (Fsp3) is 0.480. The zero-order valence-corrected chi connectivity index (χ0v) is 20.5. The van der Waals surface area contributed by atoms with Crippen LogP contribution in [-0.2, 0) is 19.1 Å². The summed E-state index contributed by atoms with van der Waals surface area (Å²) in [5.41, 5.74) is 1.70. The Morgan fingerprint density at radius 2 is 1.79 bits per heavy atom. The zero-order valence-electron chi connectivity index (χ0n) is 19.7. The van der Waals surface area contributed by atoms with Crippen LogP contribution < -0.4 is 5.32 Å². The Bertz CT molecular complexity index is 938. The quantitative estimate of drug-likeness (QED) is 0.420. The first-order chi connectivity index (χ1) is 16.4. The Hall–Kier alpha value is -2.84. The van der Waals surface area contributed by atoms with Gasteiger partial charge < -0.3 is 14.8 Å². The number of hydrogen-bond acceptors (Lipinski definition) is 6. The van der Waals surface area contributed by atoms with E-state index in [1.54, 1.807) is 44.2 Å². The molecule has 1 aromatic carbocycles. The molecule has 1 aromatic rings. The van der Waals surface area contributed by atoms with Gasteiger partial charge in [0.05, 0.1) is 30.7 Å². The zero-order chi connectivity index (χ0) is 24.7. The third-order valence-corrected chi connectivity index (χ3v) is 6.28. The molecule has 1 atom stereocenters. The molecule has 0 spiro atoms. The predicted molar refractivity (Wildman–Crippen MR) is 129 cm³/mol. The van der Waals surface area contributed by atoms with Crippen molar-refractivity contribution in [3.63, 3.8) is 0 Å². The molecule has 0 saturated carbocycles. The van der Waals surface area contributed by atoms with Crippen LogP contribution in [0.2, 0.25) is 5.02 Å². The number of nitrogens with one attached hydrogen (secondary N) is 1. The predicted octanol–water partition coefficient (Wildman–Crippen LogP) is 3.68. The Balaban J connectivity index is 1.95. The van der Waals surface area contributed by atoms with Gasteiger partial charge in [0.25, 0.3) is 0 Å². The smallest absolute Gasteiger partial charge is 0.338 e. The number of piperidine rings is 1. The van der Waals surface area contributed by atoms with Gasteiger partial charge in [0.2, 0.25) is 0 Å². The number of esters is 2. The number of rotatable bonds is 9. The van der Waals surface area contributed by atoms with Gasteiger partial charge in [-0.2, -0.15) is 0 Å². The summed E-state index contributed by atoms with van der Waals surface area (Å²) in [6.45, 7) is 9.82. The highest BCUT2D eigenvalue weighted by molar-refractivity contribution is 6.30. The van der Waals surface area contributed by atoms with Crippen molar-refractivity contribution >= 4 is 29.6 Å². The van der Waals surface area contributed by atoms with Gasteiger partial charge in [-0.05, 0) is 57.5 Å². The third kappa shape index (κ3) is 5.98. The Labute approximate surface area is 205 Å². The summed E-state index contributed by atoms with van der Waals surface area (Å²) in [4.78, 5) is 42.1. The monoisotopic (exact) mass is 489 g/mol. The maximum absolute atomic E-state index is 13.2. The van der Waals surface area contributed by atoms with E-state index in [0.29, 0.717) is 55.4 Å². The second kappa shape index (κ2) is 12.0. The number of nitrogens with zero attached hydrogens (tertiary/aromatic N) is 2. The Morgan fingerprint density at radius 3 is 2.38 bits per heavy atom. The first-order valence-electron chi connectivity index (χ1n) is 11.6. The molecular formula is C25H32ClN3O5. The highest BCUT2D eigenvalue weighted by atomic mass is 35.5. The number of halogens is 1. The van der Waals surface area contributed by atoms with E-state index in [4.69, 9.17) is 21.1 Å². The van der Waals surface area contributed by atoms with E-state index in [-0.39, 0.29) is 31.1 Å². The molecule has 1 fully saturated rings. The minimum Gasteiger partial charge on any atom is -0.466 e. The first-order valence-corrected chi connectivity index (χ1v) is 12.0. The number of carbonyl (C=O) groups is 3. The number of hydrogen-bond donors (Lipinski definition) is 1. The van der Waals surface area contributed by atoms with Crippen molar-refractivity contribution in [1.29, 1.82) is 0 Å². The van der Waals surface area contributed by atoms with Gasteiger partial charge >= 0.3 is 18.0 Å². The van der Waals surface area contributed by atoms with Crippen LogP contribution in [0.5, 0.6) is 0 Å². The van der Waals surface area contributed by atoms with Crippen LogP contribution in [0.4, 0.5) is 4.79 Å². The van der Waals surface area contributed by atoms with Crippen LogP contribution in [0.3, 0.4) is 0 Å². The molecule has 2 aliphatic heterocycles. The standard InChI is InChI=1S/C25H32ClN3O5/c1-4-13-29-20(16-28-14-11-18(12-15-28)23(30)33-5-2)21(24(31)34-6-3)22(27-25(29)32)17-7-9-19(26)10-8-17/h4,7-10,18,22H,1,5-6,11-16H2,2-3H3,(H,27,32)/t22-/m0/s1. The lowest BCUT2D eigenvalue weighted by Gasteiger charge is -2.39. The average Bonchev–Trinajstić information content (AvgIpc) is 2.82. The van der Waals surface area contributed by atoms with Gasteiger partial charge in [0.15, 0.2) is 0 Å². The van der Waals surface area contributed by atoms with Gasteiger partial charge in [-0.25, -0.2) is 9.59 Å². The maximum atomic E-state index is 13.2. The van der Waals surface area contributed by atoms with Crippen LogP contribution in [0.1, 0.15) is 38.3 Å². The van der Waals surface area contributed by atoms with Crippen molar-refractivity contribution in [1.82, 2.24) is 15.1 Å². The normalized spacial score (nSPS) is 19.6. The highest BCUT2D eigenvalue weighted by Gasteiger charge is 2.39. The second-order valence-electron chi connectivity index (χ2n) is 8.22. The summed E-state index contributed by atoms with van der Waals surface area (Å²) >= 11 is 6.05. The first kappa shape index (κ1) is 25.8. The molecular weight excluding hydrogens is 458 g/mol. The van der Waals surface area contributed by atoms with E-state index in [1.807, 2.05) is 0 Å². The number of likely N-dealkylation sites (tertiary alicyclic amines) is 1. The molecule has 184 valence electrons. The summed E-state index contributed by atoms with van der Waals surface area (Å²) < 4.78 is 10.6. The lowest BCUT2D eigenvalue weighted by molar-refractivity contribution is -0.149. The second-order valence-corrected chi connectivity index (χ2v) is 8.65. The summed E-state index contributed by atoms with van der Waals surface area (Å²) in [6.07, 6.45) is 2.95. The maximum Gasteiger partial charge on any atom is 0.338 e. The Kier molecular flexibility index (Phi) is 9.12. The molecule has 34 heavy (non-hydrogen) atoms. The molecule has 2 heterocycles. The van der Waals surface area contributed by atoms with Crippen molar-refractivity contribution in [2.24, 2.45) is 5.92 Å². The molecule has 0 bridgehead atoms. The fourth-order valence-corrected chi connectivity index (χ4v) is 4.48. The van der Waals surface area contributed by atoms with Gasteiger partial charge in [-0.1, -0.05) is 29.8 Å². The lowest BCUT2D eigenvalue weighted by atomic mass is 9.93. The molecule has 1 saturated heterocycles. The van der Waals surface area contributed by atoms with Crippen LogP contribution in [-0.4, -0.2) is 67.2 Å². The van der Waals surface area contributed by atoms with Crippen molar-refractivity contribution < 1.29 is 23.9 Å². The van der Waals surface area contributed by atoms with E-state index >= 15 is 0 Å². The number of benzene rings is 1. The van der Waals surface area contributed by atoms with E-state index < -0.39 is 12.0 Å². The van der Waals surface area contributed by atoms with Crippen LogP contribution in [0, 0.1) is 5.92 Å². The average molecular weight is 490 g/mol. The lowest BCUT2D eigenvalue weighted by Crippen LogP contribution is -2.51. The number of ether oxygens (including phenoxy) is 2. The van der Waals surface area contributed by atoms with E-state index in [9.17, 15) is 14.4 Å². The molecule has 1 N–H and O–H groups in total. The number of amides is 2. The van der Waals surface area contributed by atoms with Crippen LogP contribution in [0.15, 0.2) is 48.2 Å². The largest absolute Gasteiger partial charge is 0.466 e. The molecule has 2 aliphatic rings. The third-order valence-electron chi connectivity index (χ3n) is 6.03. The van der Waals surface area contributed by atoms with Crippen molar-refractivity contribution in [2.75, 3.05) is 39.4 Å². The molecule has 0 aliphatic carbocycles. The topological polar surface area (TPSA) is 88.2 Å². The molecule has 0 aromatic heterocycles. The van der Waals surface area contributed by atoms with Crippen molar-refractivity contribution in [3.05, 3.63) is 58.8 Å². The van der Waals surface area contributed by atoms with Gasteiger partial charge in [0, 0.05) is 23.8 Å². The van der Waals surface area contributed by atoms with Gasteiger partial charge in [0.1, 0.15) is 0 Å². The molecule has 0 radical (unpaired) electrons. The minimum absolute atomic E-state index is 0.129. The summed E-state index contributed by atoms with van der Waals surface area (Å²) in [5.74, 6) is -0.773. The van der Waals surface area contributed by atoms with Gasteiger partial charge in [-0.3, -0.25) is 14.6 Å². The Morgan fingerprint density at radius 1 is 1.15 bits per heavy atom. The van der Waals surface area contributed by atoms with E-state index in [0.717, 1.165) is 5.56 Å². The SMILES string of the molecule is C=CCN1C(=O)N[C@@H](c2ccc(Cl)cc2)C(C(=O)OCC)=C1CN1CCC(C(=O)OCC)CC1. The molecule has 0 unspecified atom stereocenters. The highest BCUT2D eigenvalue weighted by Crippen LogP contribution is 2.33. The van der Waals surface area contributed by atoms with Crippen molar-refractivity contribution in [2.45, 2.75) is 32.7 Å².